The maximum atomic E-state index is 12.7. The minimum absolute atomic E-state index is 0.131. The average molecular weight is 456 g/mol. The van der Waals surface area contributed by atoms with Gasteiger partial charge in [0.15, 0.2) is 0 Å². The Balaban J connectivity index is 1.85. The number of benzene rings is 1. The van der Waals surface area contributed by atoms with E-state index >= 15 is 0 Å². The number of alkyl halides is 1. The van der Waals surface area contributed by atoms with Gasteiger partial charge in [0, 0.05) is 16.2 Å². The molecule has 1 fully saturated rings. The summed E-state index contributed by atoms with van der Waals surface area (Å²) in [5.74, 6) is 1.33. The molecule has 1 saturated carbocycles. The first-order valence-corrected chi connectivity index (χ1v) is 10.7. The van der Waals surface area contributed by atoms with Gasteiger partial charge in [-0.2, -0.15) is 0 Å². The first-order chi connectivity index (χ1) is 11.6. The predicted molar refractivity (Wildman–Crippen MR) is 106 cm³/mol. The number of aliphatic imine (C=N–C) groups is 1. The lowest BCUT2D eigenvalue weighted by molar-refractivity contribution is -0.124. The standard InChI is InChI=1S/C19H24Br2N2O/c1-2-3-6-17-22-18(24)19(23-17)9-4-5-15(19)10-14-11-16(21)8-7-13(14)12-20/h7-8,11,15H,2-6,9-10,12H2,1H3,(H,22,23,24). The quantitative estimate of drug-likeness (QED) is 0.592. The number of amides is 1. The fourth-order valence-electron chi connectivity index (χ4n) is 3.98. The van der Waals surface area contributed by atoms with E-state index < -0.39 is 5.54 Å². The normalized spacial score (nSPS) is 26.0. The number of hydrogen-bond donors (Lipinski definition) is 1. The Morgan fingerprint density at radius 2 is 2.21 bits per heavy atom. The maximum Gasteiger partial charge on any atom is 0.253 e. The number of unbranched alkanes of at least 4 members (excludes halogenated alkanes) is 1. The zero-order chi connectivity index (χ0) is 17.2. The Kier molecular flexibility index (Phi) is 5.81. The van der Waals surface area contributed by atoms with E-state index in [4.69, 9.17) is 4.99 Å². The Labute approximate surface area is 161 Å². The Hall–Kier alpha value is -0.680. The molecule has 2 atom stereocenters. The van der Waals surface area contributed by atoms with Crippen LogP contribution in [0.5, 0.6) is 0 Å². The molecule has 3 nitrogen and oxygen atoms in total. The van der Waals surface area contributed by atoms with E-state index in [1.54, 1.807) is 0 Å². The SMILES string of the molecule is CCCCC1=NC2(CCCC2Cc2cc(Br)ccc2CBr)C(=O)N1. The summed E-state index contributed by atoms with van der Waals surface area (Å²) in [6, 6.07) is 6.42. The second-order valence-electron chi connectivity index (χ2n) is 6.88. The molecule has 24 heavy (non-hydrogen) atoms. The number of rotatable bonds is 6. The van der Waals surface area contributed by atoms with Crippen LogP contribution in [-0.4, -0.2) is 17.3 Å². The van der Waals surface area contributed by atoms with Crippen molar-refractivity contribution in [1.29, 1.82) is 0 Å². The molecule has 1 aromatic carbocycles. The first-order valence-electron chi connectivity index (χ1n) is 8.82. The molecule has 2 aliphatic rings. The highest BCUT2D eigenvalue weighted by atomic mass is 79.9. The van der Waals surface area contributed by atoms with E-state index in [2.05, 4.69) is 62.3 Å². The first kappa shape index (κ1) is 18.1. The molecular formula is C19H24Br2N2O. The van der Waals surface area contributed by atoms with Gasteiger partial charge in [-0.25, -0.2) is 0 Å². The fourth-order valence-corrected chi connectivity index (χ4v) is 4.94. The predicted octanol–water partition coefficient (Wildman–Crippen LogP) is 5.14. The van der Waals surface area contributed by atoms with E-state index in [9.17, 15) is 4.79 Å². The third kappa shape index (κ3) is 3.48. The van der Waals surface area contributed by atoms with Gasteiger partial charge in [-0.05, 0) is 54.9 Å². The molecule has 3 rings (SSSR count). The van der Waals surface area contributed by atoms with Gasteiger partial charge in [0.2, 0.25) is 0 Å². The number of nitrogens with one attached hydrogen (secondary N) is 1. The van der Waals surface area contributed by atoms with Gasteiger partial charge >= 0.3 is 0 Å². The zero-order valence-electron chi connectivity index (χ0n) is 14.1. The summed E-state index contributed by atoms with van der Waals surface area (Å²) in [6.45, 7) is 2.17. The molecule has 0 bridgehead atoms. The molecule has 0 radical (unpaired) electrons. The fraction of sp³-hybridized carbons (Fsp3) is 0.579. The van der Waals surface area contributed by atoms with E-state index in [-0.39, 0.29) is 5.91 Å². The summed E-state index contributed by atoms with van der Waals surface area (Å²) in [6.07, 6.45) is 7.05. The number of halogens is 2. The van der Waals surface area contributed by atoms with Crippen LogP contribution >= 0.6 is 31.9 Å². The van der Waals surface area contributed by atoms with Crippen LogP contribution in [0.3, 0.4) is 0 Å². The molecule has 1 amide bonds. The van der Waals surface area contributed by atoms with Crippen molar-refractivity contribution in [3.8, 4) is 0 Å². The molecular weight excluding hydrogens is 432 g/mol. The second-order valence-corrected chi connectivity index (χ2v) is 8.36. The summed E-state index contributed by atoms with van der Waals surface area (Å²) < 4.78 is 1.09. The van der Waals surface area contributed by atoms with Crippen LogP contribution in [0.1, 0.15) is 56.6 Å². The molecule has 2 unspecified atom stereocenters. The summed E-state index contributed by atoms with van der Waals surface area (Å²) >= 11 is 7.16. The second kappa shape index (κ2) is 7.69. The van der Waals surface area contributed by atoms with Crippen LogP contribution in [0.2, 0.25) is 0 Å². The van der Waals surface area contributed by atoms with Gasteiger partial charge in [0.05, 0.1) is 0 Å². The molecule has 130 valence electrons. The van der Waals surface area contributed by atoms with Crippen LogP contribution in [0.15, 0.2) is 27.7 Å². The van der Waals surface area contributed by atoms with E-state index in [1.165, 1.54) is 11.1 Å². The number of hydrogen-bond acceptors (Lipinski definition) is 2. The summed E-state index contributed by atoms with van der Waals surface area (Å²) in [7, 11) is 0. The zero-order valence-corrected chi connectivity index (χ0v) is 17.2. The van der Waals surface area contributed by atoms with Crippen molar-refractivity contribution in [2.45, 2.75) is 62.7 Å². The molecule has 5 heteroatoms. The molecule has 1 spiro atoms. The lowest BCUT2D eigenvalue weighted by atomic mass is 9.82. The smallest absolute Gasteiger partial charge is 0.253 e. The van der Waals surface area contributed by atoms with Crippen LogP contribution in [0.4, 0.5) is 0 Å². The summed E-state index contributed by atoms with van der Waals surface area (Å²) in [5.41, 5.74) is 2.10. The van der Waals surface area contributed by atoms with Gasteiger partial charge in [0.1, 0.15) is 11.4 Å². The number of carbonyl (C=O) groups is 1. The van der Waals surface area contributed by atoms with Crippen molar-refractivity contribution < 1.29 is 4.79 Å². The van der Waals surface area contributed by atoms with Crippen molar-refractivity contribution in [3.63, 3.8) is 0 Å². The van der Waals surface area contributed by atoms with Gasteiger partial charge in [-0.1, -0.05) is 57.7 Å². The lowest BCUT2D eigenvalue weighted by Gasteiger charge is -2.26. The van der Waals surface area contributed by atoms with Crippen LogP contribution in [0.25, 0.3) is 0 Å². The molecule has 0 aromatic heterocycles. The van der Waals surface area contributed by atoms with Crippen LogP contribution in [0, 0.1) is 5.92 Å². The lowest BCUT2D eigenvalue weighted by Crippen LogP contribution is -2.43. The van der Waals surface area contributed by atoms with Crippen molar-refractivity contribution >= 4 is 43.6 Å². The van der Waals surface area contributed by atoms with E-state index in [0.29, 0.717) is 5.92 Å². The Morgan fingerprint density at radius 3 is 2.96 bits per heavy atom. The minimum atomic E-state index is -0.519. The molecule has 0 saturated heterocycles. The van der Waals surface area contributed by atoms with Crippen LogP contribution in [-0.2, 0) is 16.5 Å². The summed E-state index contributed by atoms with van der Waals surface area (Å²) in [4.78, 5) is 17.7. The summed E-state index contributed by atoms with van der Waals surface area (Å²) in [5, 5.41) is 3.91. The number of amidine groups is 1. The van der Waals surface area contributed by atoms with Gasteiger partial charge in [-0.15, -0.1) is 0 Å². The van der Waals surface area contributed by atoms with Crippen molar-refractivity contribution in [2.75, 3.05) is 0 Å². The monoisotopic (exact) mass is 454 g/mol. The Bertz CT molecular complexity index is 659. The molecule has 1 N–H and O–H groups in total. The van der Waals surface area contributed by atoms with Crippen molar-refractivity contribution in [1.82, 2.24) is 5.32 Å². The molecule has 1 aliphatic carbocycles. The third-order valence-corrected chi connectivity index (χ3v) is 6.41. The number of carbonyl (C=O) groups excluding carboxylic acids is 1. The maximum absolute atomic E-state index is 12.7. The highest BCUT2D eigenvalue weighted by molar-refractivity contribution is 9.10. The molecule has 1 heterocycles. The minimum Gasteiger partial charge on any atom is -0.312 e. The van der Waals surface area contributed by atoms with E-state index in [1.807, 2.05) is 0 Å². The largest absolute Gasteiger partial charge is 0.312 e. The van der Waals surface area contributed by atoms with Crippen molar-refractivity contribution in [3.05, 3.63) is 33.8 Å². The number of nitrogens with zero attached hydrogens (tertiary/aromatic N) is 1. The van der Waals surface area contributed by atoms with Gasteiger partial charge < -0.3 is 5.32 Å². The van der Waals surface area contributed by atoms with Crippen LogP contribution < -0.4 is 5.32 Å². The van der Waals surface area contributed by atoms with Gasteiger partial charge in [0.25, 0.3) is 5.91 Å². The van der Waals surface area contributed by atoms with E-state index in [0.717, 1.165) is 60.6 Å². The average Bonchev–Trinajstić information content (AvgIpc) is 3.11. The molecule has 1 aliphatic heterocycles. The molecule has 1 aromatic rings. The van der Waals surface area contributed by atoms with Crippen molar-refractivity contribution in [2.24, 2.45) is 10.9 Å². The van der Waals surface area contributed by atoms with Gasteiger partial charge in [-0.3, -0.25) is 9.79 Å². The highest BCUT2D eigenvalue weighted by Crippen LogP contribution is 2.44. The third-order valence-electron chi connectivity index (χ3n) is 5.32. The highest BCUT2D eigenvalue weighted by Gasteiger charge is 2.52. The topological polar surface area (TPSA) is 41.5 Å². The Morgan fingerprint density at radius 1 is 1.38 bits per heavy atom.